The van der Waals surface area contributed by atoms with Crippen LogP contribution in [0.15, 0.2) is 18.3 Å². The SMILES string of the molecule is Cc1nc2cccnn2c1N.Cl. The second kappa shape index (κ2) is 2.98. The Morgan fingerprint density at radius 1 is 1.50 bits per heavy atom. The molecule has 64 valence electrons. The van der Waals surface area contributed by atoms with Gasteiger partial charge in [-0.25, -0.2) is 4.98 Å². The number of hydrogen-bond acceptors (Lipinski definition) is 3. The number of hydrogen-bond donors (Lipinski definition) is 1. The van der Waals surface area contributed by atoms with Crippen LogP contribution < -0.4 is 5.73 Å². The van der Waals surface area contributed by atoms with Gasteiger partial charge in [0.1, 0.15) is 5.82 Å². The first-order valence-corrected chi connectivity index (χ1v) is 3.35. The van der Waals surface area contributed by atoms with Gasteiger partial charge in [-0.15, -0.1) is 12.4 Å². The third-order valence-electron chi connectivity index (χ3n) is 1.61. The maximum atomic E-state index is 5.68. The lowest BCUT2D eigenvalue weighted by Gasteiger charge is -1.91. The molecule has 0 amide bonds. The first kappa shape index (κ1) is 8.80. The molecule has 0 saturated carbocycles. The number of imidazole rings is 1. The van der Waals surface area contributed by atoms with E-state index in [4.69, 9.17) is 5.73 Å². The van der Waals surface area contributed by atoms with Gasteiger partial charge in [0.15, 0.2) is 5.65 Å². The van der Waals surface area contributed by atoms with Crippen molar-refractivity contribution in [2.75, 3.05) is 5.73 Å². The number of aryl methyl sites for hydroxylation is 1. The number of rotatable bonds is 0. The van der Waals surface area contributed by atoms with Gasteiger partial charge in [-0.1, -0.05) is 0 Å². The van der Waals surface area contributed by atoms with Crippen molar-refractivity contribution in [3.05, 3.63) is 24.0 Å². The van der Waals surface area contributed by atoms with Gasteiger partial charge in [0.05, 0.1) is 5.69 Å². The van der Waals surface area contributed by atoms with E-state index >= 15 is 0 Å². The van der Waals surface area contributed by atoms with Crippen molar-refractivity contribution in [2.45, 2.75) is 6.92 Å². The molecule has 0 aliphatic rings. The van der Waals surface area contributed by atoms with Crippen LogP contribution in [0.2, 0.25) is 0 Å². The van der Waals surface area contributed by atoms with Crippen LogP contribution in [0.25, 0.3) is 5.65 Å². The highest BCUT2D eigenvalue weighted by atomic mass is 35.5. The molecular weight excluding hydrogens is 176 g/mol. The van der Waals surface area contributed by atoms with Gasteiger partial charge in [-0.2, -0.15) is 9.61 Å². The molecule has 2 rings (SSSR count). The minimum absolute atomic E-state index is 0. The molecule has 0 aromatic carbocycles. The Bertz CT molecular complexity index is 395. The third-order valence-corrected chi connectivity index (χ3v) is 1.61. The Labute approximate surface area is 75.8 Å². The average molecular weight is 185 g/mol. The summed E-state index contributed by atoms with van der Waals surface area (Å²) in [6.45, 7) is 1.87. The summed E-state index contributed by atoms with van der Waals surface area (Å²) < 4.78 is 1.62. The molecule has 2 N–H and O–H groups in total. The molecule has 0 bridgehead atoms. The van der Waals surface area contributed by atoms with Crippen LogP contribution in [0.3, 0.4) is 0 Å². The molecule has 0 unspecified atom stereocenters. The number of aromatic nitrogens is 3. The lowest BCUT2D eigenvalue weighted by molar-refractivity contribution is 0.945. The van der Waals surface area contributed by atoms with Gasteiger partial charge >= 0.3 is 0 Å². The maximum Gasteiger partial charge on any atom is 0.156 e. The molecule has 2 heterocycles. The number of halogens is 1. The molecule has 2 aromatic rings. The first-order chi connectivity index (χ1) is 5.29. The fourth-order valence-corrected chi connectivity index (χ4v) is 1.02. The van der Waals surface area contributed by atoms with Crippen molar-refractivity contribution < 1.29 is 0 Å². The summed E-state index contributed by atoms with van der Waals surface area (Å²) >= 11 is 0. The molecule has 4 nitrogen and oxygen atoms in total. The number of nitrogen functional groups attached to an aromatic ring is 1. The lowest BCUT2D eigenvalue weighted by atomic mass is 10.5. The monoisotopic (exact) mass is 184 g/mol. The quantitative estimate of drug-likeness (QED) is 0.666. The second-order valence-corrected chi connectivity index (χ2v) is 2.38. The van der Waals surface area contributed by atoms with E-state index in [1.54, 1.807) is 10.7 Å². The minimum Gasteiger partial charge on any atom is -0.382 e. The summed E-state index contributed by atoms with van der Waals surface area (Å²) in [7, 11) is 0. The summed E-state index contributed by atoms with van der Waals surface area (Å²) in [5.41, 5.74) is 7.29. The number of fused-ring (bicyclic) bond motifs is 1. The Balaban J connectivity index is 0.000000720. The average Bonchev–Trinajstić information content (AvgIpc) is 2.30. The van der Waals surface area contributed by atoms with E-state index in [1.165, 1.54) is 0 Å². The summed E-state index contributed by atoms with van der Waals surface area (Å²) in [5, 5.41) is 4.03. The molecule has 0 aliphatic carbocycles. The Morgan fingerprint density at radius 3 is 2.92 bits per heavy atom. The summed E-state index contributed by atoms with van der Waals surface area (Å²) in [4.78, 5) is 4.19. The first-order valence-electron chi connectivity index (χ1n) is 3.35. The fraction of sp³-hybridized carbons (Fsp3) is 0.143. The summed E-state index contributed by atoms with van der Waals surface area (Å²) in [5.74, 6) is 0.612. The molecule has 0 atom stereocenters. The zero-order chi connectivity index (χ0) is 7.84. The fourth-order valence-electron chi connectivity index (χ4n) is 1.02. The number of nitrogens with two attached hydrogens (primary N) is 1. The van der Waals surface area contributed by atoms with E-state index in [0.29, 0.717) is 5.82 Å². The van der Waals surface area contributed by atoms with Crippen molar-refractivity contribution >= 4 is 23.9 Å². The van der Waals surface area contributed by atoms with Crippen molar-refractivity contribution in [1.29, 1.82) is 0 Å². The Hall–Kier alpha value is -1.29. The van der Waals surface area contributed by atoms with Crippen LogP contribution in [0.1, 0.15) is 5.69 Å². The number of nitrogens with zero attached hydrogens (tertiary/aromatic N) is 3. The van der Waals surface area contributed by atoms with Crippen LogP contribution in [-0.4, -0.2) is 14.6 Å². The van der Waals surface area contributed by atoms with Gasteiger partial charge < -0.3 is 5.73 Å². The molecule has 0 fully saturated rings. The predicted molar refractivity (Wildman–Crippen MR) is 49.4 cm³/mol. The van der Waals surface area contributed by atoms with Gasteiger partial charge in [0, 0.05) is 6.20 Å². The van der Waals surface area contributed by atoms with Gasteiger partial charge in [0.25, 0.3) is 0 Å². The van der Waals surface area contributed by atoms with Gasteiger partial charge in [-0.3, -0.25) is 0 Å². The van der Waals surface area contributed by atoms with Crippen LogP contribution in [0, 0.1) is 6.92 Å². The maximum absolute atomic E-state index is 5.68. The molecule has 0 saturated heterocycles. The smallest absolute Gasteiger partial charge is 0.156 e. The van der Waals surface area contributed by atoms with Crippen molar-refractivity contribution in [2.24, 2.45) is 0 Å². The van der Waals surface area contributed by atoms with Crippen molar-refractivity contribution in [1.82, 2.24) is 14.6 Å². The molecule has 2 aromatic heterocycles. The highest BCUT2D eigenvalue weighted by molar-refractivity contribution is 5.85. The largest absolute Gasteiger partial charge is 0.382 e. The molecular formula is C7H9ClN4. The molecule has 12 heavy (non-hydrogen) atoms. The predicted octanol–water partition coefficient (Wildman–Crippen LogP) is 1.04. The highest BCUT2D eigenvalue weighted by Crippen LogP contribution is 2.10. The second-order valence-electron chi connectivity index (χ2n) is 2.38. The third kappa shape index (κ3) is 1.10. The van der Waals surface area contributed by atoms with E-state index in [0.717, 1.165) is 11.3 Å². The summed E-state index contributed by atoms with van der Waals surface area (Å²) in [6, 6.07) is 3.71. The zero-order valence-corrected chi connectivity index (χ0v) is 7.38. The Kier molecular flexibility index (Phi) is 2.19. The van der Waals surface area contributed by atoms with Crippen LogP contribution in [-0.2, 0) is 0 Å². The molecule has 0 aliphatic heterocycles. The van der Waals surface area contributed by atoms with E-state index < -0.39 is 0 Å². The van der Waals surface area contributed by atoms with Gasteiger partial charge in [0.2, 0.25) is 0 Å². The summed E-state index contributed by atoms with van der Waals surface area (Å²) in [6.07, 6.45) is 1.68. The van der Waals surface area contributed by atoms with E-state index in [9.17, 15) is 0 Å². The molecule has 0 radical (unpaired) electrons. The van der Waals surface area contributed by atoms with Crippen LogP contribution >= 0.6 is 12.4 Å². The van der Waals surface area contributed by atoms with Gasteiger partial charge in [-0.05, 0) is 19.1 Å². The van der Waals surface area contributed by atoms with Crippen molar-refractivity contribution in [3.63, 3.8) is 0 Å². The topological polar surface area (TPSA) is 56.2 Å². The van der Waals surface area contributed by atoms with Crippen LogP contribution in [0.5, 0.6) is 0 Å². The Morgan fingerprint density at radius 2 is 2.25 bits per heavy atom. The highest BCUT2D eigenvalue weighted by Gasteiger charge is 2.02. The van der Waals surface area contributed by atoms with E-state index in [1.807, 2.05) is 19.1 Å². The van der Waals surface area contributed by atoms with Crippen molar-refractivity contribution in [3.8, 4) is 0 Å². The molecule has 0 spiro atoms. The standard InChI is InChI=1S/C7H8N4.ClH/c1-5-7(8)11-6(10-5)3-2-4-9-11;/h2-4H,8H2,1H3;1H. The van der Waals surface area contributed by atoms with Crippen LogP contribution in [0.4, 0.5) is 5.82 Å². The lowest BCUT2D eigenvalue weighted by Crippen LogP contribution is -1.96. The molecule has 5 heteroatoms. The normalized spacial score (nSPS) is 9.75. The van der Waals surface area contributed by atoms with E-state index in [2.05, 4.69) is 10.1 Å². The number of anilines is 1. The van der Waals surface area contributed by atoms with E-state index in [-0.39, 0.29) is 12.4 Å². The minimum atomic E-state index is 0. The zero-order valence-electron chi connectivity index (χ0n) is 6.56.